The van der Waals surface area contributed by atoms with E-state index in [-0.39, 0.29) is 6.04 Å². The maximum atomic E-state index is 11.7. The van der Waals surface area contributed by atoms with Gasteiger partial charge in [-0.3, -0.25) is 9.52 Å². The predicted octanol–water partition coefficient (Wildman–Crippen LogP) is 1.70. The number of hydrogen-bond donors (Lipinski definition) is 3. The van der Waals surface area contributed by atoms with Gasteiger partial charge in [0.25, 0.3) is 10.2 Å². The van der Waals surface area contributed by atoms with E-state index in [4.69, 9.17) is 5.11 Å². The van der Waals surface area contributed by atoms with Gasteiger partial charge < -0.3 is 5.11 Å². The first kappa shape index (κ1) is 16.5. The number of carboxylic acid groups (broad SMARTS) is 1. The molecule has 0 spiro atoms. The normalized spacial score (nSPS) is 12.4. The van der Waals surface area contributed by atoms with Crippen molar-refractivity contribution < 1.29 is 18.3 Å². The Morgan fingerprint density at radius 2 is 1.70 bits per heavy atom. The molecule has 0 bridgehead atoms. The standard InChI is InChI=1S/C13H20N2O4S/c1-9(2)14-20(18,19)15-11-7-5-10(6-8-11)13(3,4)12(16)17/h5-9,14-15H,1-4H3,(H,16,17). The van der Waals surface area contributed by atoms with E-state index in [9.17, 15) is 13.2 Å². The molecule has 0 aliphatic rings. The van der Waals surface area contributed by atoms with Gasteiger partial charge in [-0.1, -0.05) is 12.1 Å². The number of benzene rings is 1. The molecule has 20 heavy (non-hydrogen) atoms. The lowest BCUT2D eigenvalue weighted by atomic mass is 9.85. The van der Waals surface area contributed by atoms with Gasteiger partial charge in [-0.2, -0.15) is 13.1 Å². The van der Waals surface area contributed by atoms with E-state index in [1.807, 2.05) is 0 Å². The second kappa shape index (κ2) is 5.80. The molecule has 0 saturated carbocycles. The summed E-state index contributed by atoms with van der Waals surface area (Å²) >= 11 is 0. The fourth-order valence-electron chi connectivity index (χ4n) is 1.57. The fraction of sp³-hybridized carbons (Fsp3) is 0.462. The lowest BCUT2D eigenvalue weighted by Gasteiger charge is -2.20. The zero-order valence-electron chi connectivity index (χ0n) is 12.0. The zero-order chi connectivity index (χ0) is 15.6. The summed E-state index contributed by atoms with van der Waals surface area (Å²) in [6.45, 7) is 6.62. The topological polar surface area (TPSA) is 95.5 Å². The van der Waals surface area contributed by atoms with Gasteiger partial charge in [0.05, 0.1) is 5.41 Å². The number of hydrogen-bond acceptors (Lipinski definition) is 3. The molecule has 0 aromatic heterocycles. The second-order valence-corrected chi connectivity index (χ2v) is 6.83. The molecule has 0 fully saturated rings. The molecule has 0 radical (unpaired) electrons. The van der Waals surface area contributed by atoms with Crippen LogP contribution < -0.4 is 9.44 Å². The van der Waals surface area contributed by atoms with Crippen molar-refractivity contribution in [2.75, 3.05) is 4.72 Å². The molecule has 0 unspecified atom stereocenters. The van der Waals surface area contributed by atoms with Crippen LogP contribution >= 0.6 is 0 Å². The van der Waals surface area contributed by atoms with Gasteiger partial charge in [0.15, 0.2) is 0 Å². The maximum Gasteiger partial charge on any atom is 0.313 e. The van der Waals surface area contributed by atoms with Gasteiger partial charge in [-0.25, -0.2) is 0 Å². The molecular formula is C13H20N2O4S. The van der Waals surface area contributed by atoms with Crippen molar-refractivity contribution in [3.8, 4) is 0 Å². The van der Waals surface area contributed by atoms with E-state index in [0.717, 1.165) is 0 Å². The molecule has 0 atom stereocenters. The molecule has 0 aliphatic heterocycles. The van der Waals surface area contributed by atoms with Gasteiger partial charge in [0.1, 0.15) is 0 Å². The molecule has 3 N–H and O–H groups in total. The number of nitrogens with one attached hydrogen (secondary N) is 2. The van der Waals surface area contributed by atoms with Crippen LogP contribution in [0.4, 0.5) is 5.69 Å². The Labute approximate surface area is 119 Å². The van der Waals surface area contributed by atoms with E-state index in [1.165, 1.54) is 0 Å². The van der Waals surface area contributed by atoms with Gasteiger partial charge >= 0.3 is 5.97 Å². The summed E-state index contributed by atoms with van der Waals surface area (Å²) < 4.78 is 28.1. The molecule has 1 rings (SSSR count). The Morgan fingerprint density at radius 3 is 2.10 bits per heavy atom. The third-order valence-electron chi connectivity index (χ3n) is 2.78. The highest BCUT2D eigenvalue weighted by molar-refractivity contribution is 7.90. The van der Waals surface area contributed by atoms with Crippen molar-refractivity contribution >= 4 is 21.9 Å². The van der Waals surface area contributed by atoms with Crippen LogP contribution in [-0.4, -0.2) is 25.5 Å². The number of carbonyl (C=O) groups is 1. The molecule has 6 nitrogen and oxygen atoms in total. The maximum absolute atomic E-state index is 11.7. The second-order valence-electron chi connectivity index (χ2n) is 5.39. The predicted molar refractivity (Wildman–Crippen MR) is 77.9 cm³/mol. The summed E-state index contributed by atoms with van der Waals surface area (Å²) in [6, 6.07) is 6.07. The largest absolute Gasteiger partial charge is 0.481 e. The van der Waals surface area contributed by atoms with Crippen LogP contribution in [0.15, 0.2) is 24.3 Å². The number of anilines is 1. The lowest BCUT2D eigenvalue weighted by molar-refractivity contribution is -0.142. The lowest BCUT2D eigenvalue weighted by Crippen LogP contribution is -2.35. The minimum absolute atomic E-state index is 0.210. The highest BCUT2D eigenvalue weighted by atomic mass is 32.2. The minimum Gasteiger partial charge on any atom is -0.481 e. The van der Waals surface area contributed by atoms with Crippen LogP contribution in [0.3, 0.4) is 0 Å². The average molecular weight is 300 g/mol. The number of carboxylic acids is 1. The Hall–Kier alpha value is -1.60. The molecule has 7 heteroatoms. The van der Waals surface area contributed by atoms with Gasteiger partial charge in [0.2, 0.25) is 0 Å². The average Bonchev–Trinajstić information content (AvgIpc) is 2.26. The van der Waals surface area contributed by atoms with E-state index in [0.29, 0.717) is 11.3 Å². The van der Waals surface area contributed by atoms with Gasteiger partial charge in [0, 0.05) is 11.7 Å². The van der Waals surface area contributed by atoms with Crippen LogP contribution in [0.1, 0.15) is 33.3 Å². The SMILES string of the molecule is CC(C)NS(=O)(=O)Nc1ccc(C(C)(C)C(=O)O)cc1. The first-order valence-electron chi connectivity index (χ1n) is 6.18. The summed E-state index contributed by atoms with van der Waals surface area (Å²) in [5.74, 6) is -0.938. The van der Waals surface area contributed by atoms with Crippen LogP contribution in [0, 0.1) is 0 Å². The summed E-state index contributed by atoms with van der Waals surface area (Å²) in [5.41, 5.74) is -0.0408. The molecule has 112 valence electrons. The van der Waals surface area contributed by atoms with E-state index in [2.05, 4.69) is 9.44 Å². The summed E-state index contributed by atoms with van der Waals surface area (Å²) in [4.78, 5) is 11.1. The molecule has 0 aliphatic carbocycles. The first-order chi connectivity index (χ1) is 9.04. The Morgan fingerprint density at radius 1 is 1.20 bits per heavy atom. The third-order valence-corrected chi connectivity index (χ3v) is 4.07. The Bertz CT molecular complexity index is 577. The minimum atomic E-state index is -3.61. The van der Waals surface area contributed by atoms with Crippen LogP contribution in [-0.2, 0) is 20.4 Å². The molecule has 0 heterocycles. The Kier molecular flexibility index (Phi) is 4.77. The quantitative estimate of drug-likeness (QED) is 0.745. The monoisotopic (exact) mass is 300 g/mol. The van der Waals surface area contributed by atoms with Crippen LogP contribution in [0.25, 0.3) is 0 Å². The zero-order valence-corrected chi connectivity index (χ0v) is 12.8. The van der Waals surface area contributed by atoms with Crippen molar-refractivity contribution in [1.82, 2.24) is 4.72 Å². The van der Waals surface area contributed by atoms with E-state index < -0.39 is 21.6 Å². The first-order valence-corrected chi connectivity index (χ1v) is 7.67. The highest BCUT2D eigenvalue weighted by Crippen LogP contribution is 2.24. The van der Waals surface area contributed by atoms with Crippen molar-refractivity contribution in [1.29, 1.82) is 0 Å². The fourth-order valence-corrected chi connectivity index (χ4v) is 2.70. The smallest absolute Gasteiger partial charge is 0.313 e. The van der Waals surface area contributed by atoms with E-state index >= 15 is 0 Å². The molecule has 0 saturated heterocycles. The third kappa shape index (κ3) is 4.21. The van der Waals surface area contributed by atoms with Crippen LogP contribution in [0.5, 0.6) is 0 Å². The summed E-state index contributed by atoms with van der Waals surface area (Å²) in [5, 5.41) is 9.13. The van der Waals surface area contributed by atoms with Crippen molar-refractivity contribution in [2.24, 2.45) is 0 Å². The van der Waals surface area contributed by atoms with Crippen molar-refractivity contribution in [3.63, 3.8) is 0 Å². The molecule has 1 aromatic carbocycles. The molecular weight excluding hydrogens is 280 g/mol. The summed E-state index contributed by atoms with van der Waals surface area (Å²) in [7, 11) is -3.61. The number of rotatable bonds is 6. The molecule has 0 amide bonds. The molecule has 1 aromatic rings. The number of aliphatic carboxylic acids is 1. The summed E-state index contributed by atoms with van der Waals surface area (Å²) in [6.07, 6.45) is 0. The highest BCUT2D eigenvalue weighted by Gasteiger charge is 2.29. The van der Waals surface area contributed by atoms with Gasteiger partial charge in [-0.05, 0) is 45.4 Å². The Balaban J connectivity index is 2.91. The van der Waals surface area contributed by atoms with Crippen LogP contribution in [0.2, 0.25) is 0 Å². The van der Waals surface area contributed by atoms with Crippen molar-refractivity contribution in [3.05, 3.63) is 29.8 Å². The van der Waals surface area contributed by atoms with E-state index in [1.54, 1.807) is 52.0 Å². The van der Waals surface area contributed by atoms with Crippen molar-refractivity contribution in [2.45, 2.75) is 39.2 Å². The van der Waals surface area contributed by atoms with Gasteiger partial charge in [-0.15, -0.1) is 0 Å².